The van der Waals surface area contributed by atoms with Crippen LogP contribution in [0.1, 0.15) is 5.56 Å². The number of nitrogens with zero attached hydrogens (tertiary/aromatic N) is 2. The van der Waals surface area contributed by atoms with Crippen molar-refractivity contribution in [3.05, 3.63) is 34.9 Å². The smallest absolute Gasteiger partial charge is 0.177 e. The highest BCUT2D eigenvalue weighted by molar-refractivity contribution is 6.70. The summed E-state index contributed by atoms with van der Waals surface area (Å²) in [4.78, 5) is 7.49. The van der Waals surface area contributed by atoms with Gasteiger partial charge in [0.25, 0.3) is 0 Å². The molecule has 2 rings (SSSR count). The summed E-state index contributed by atoms with van der Waals surface area (Å²) in [6, 6.07) is 7.27. The maximum absolute atomic E-state index is 6.04. The third-order valence-corrected chi connectivity index (χ3v) is 3.45. The molecule has 20 heavy (non-hydrogen) atoms. The average Bonchev–Trinajstić information content (AvgIpc) is 2.45. The lowest BCUT2D eigenvalue weighted by molar-refractivity contribution is 0.0213. The molecule has 1 aromatic carbocycles. The quantitative estimate of drug-likeness (QED) is 0.470. The van der Waals surface area contributed by atoms with Gasteiger partial charge in [-0.05, 0) is 6.07 Å². The van der Waals surface area contributed by atoms with Gasteiger partial charge in [-0.1, -0.05) is 46.6 Å². The summed E-state index contributed by atoms with van der Waals surface area (Å²) in [5.41, 5.74) is 0.678. The Hall–Kier alpha value is -0.520. The highest BCUT2D eigenvalue weighted by Gasteiger charge is 2.10. The van der Waals surface area contributed by atoms with Crippen molar-refractivity contribution in [3.8, 4) is 0 Å². The van der Waals surface area contributed by atoms with E-state index < -0.39 is 0 Å². The minimum absolute atomic E-state index is 0. The Balaban J connectivity index is 0.00000200. The van der Waals surface area contributed by atoms with E-state index in [4.69, 9.17) is 32.8 Å². The lowest BCUT2D eigenvalue weighted by Gasteiger charge is -2.25. The van der Waals surface area contributed by atoms with Crippen molar-refractivity contribution < 1.29 is 9.57 Å². The molecule has 0 aliphatic carbocycles. The van der Waals surface area contributed by atoms with Crippen molar-refractivity contribution in [1.29, 1.82) is 0 Å². The van der Waals surface area contributed by atoms with Crippen molar-refractivity contribution in [2.75, 3.05) is 39.5 Å². The molecule has 4 nitrogen and oxygen atoms in total. The number of ether oxygens (including phenoxy) is 1. The second-order valence-electron chi connectivity index (χ2n) is 4.15. The Morgan fingerprint density at radius 3 is 2.70 bits per heavy atom. The van der Waals surface area contributed by atoms with Gasteiger partial charge in [0.2, 0.25) is 0 Å². The number of oxime groups is 1. The molecule has 0 N–H and O–H groups in total. The molecule has 0 radical (unpaired) electrons. The van der Waals surface area contributed by atoms with Gasteiger partial charge in [-0.3, -0.25) is 4.90 Å². The molecule has 0 aromatic heterocycles. The number of halogens is 3. The van der Waals surface area contributed by atoms with Crippen LogP contribution in [0, 0.1) is 0 Å². The van der Waals surface area contributed by atoms with Crippen LogP contribution in [-0.4, -0.2) is 49.5 Å². The van der Waals surface area contributed by atoms with Gasteiger partial charge in [-0.25, -0.2) is 0 Å². The molecule has 1 aliphatic rings. The van der Waals surface area contributed by atoms with Crippen LogP contribution in [0.15, 0.2) is 29.4 Å². The summed E-state index contributed by atoms with van der Waals surface area (Å²) in [5, 5.41) is 4.71. The fourth-order valence-corrected chi connectivity index (χ4v) is 2.26. The largest absolute Gasteiger partial charge is 0.393 e. The number of benzene rings is 1. The van der Waals surface area contributed by atoms with Crippen LogP contribution in [0.2, 0.25) is 5.02 Å². The maximum atomic E-state index is 6.04. The lowest BCUT2D eigenvalue weighted by atomic mass is 10.2. The second-order valence-corrected chi connectivity index (χ2v) is 4.91. The molecule has 1 aliphatic heterocycles. The van der Waals surface area contributed by atoms with E-state index in [0.717, 1.165) is 32.8 Å². The fourth-order valence-electron chi connectivity index (χ4n) is 1.77. The number of rotatable bonds is 5. The summed E-state index contributed by atoms with van der Waals surface area (Å²) in [6.07, 6.45) is 0. The minimum atomic E-state index is 0. The van der Waals surface area contributed by atoms with Crippen LogP contribution < -0.4 is 0 Å². The molecule has 0 amide bonds. The molecule has 1 saturated heterocycles. The Kier molecular flexibility index (Phi) is 8.26. The molecule has 7 heteroatoms. The SMILES string of the molecule is Cl.Cl/C(=N\OCCN1CCOCC1)c1ccccc1Cl. The van der Waals surface area contributed by atoms with Crippen molar-refractivity contribution in [2.45, 2.75) is 0 Å². The zero-order valence-electron chi connectivity index (χ0n) is 10.9. The minimum Gasteiger partial charge on any atom is -0.393 e. The van der Waals surface area contributed by atoms with Crippen molar-refractivity contribution in [1.82, 2.24) is 4.90 Å². The lowest BCUT2D eigenvalue weighted by Crippen LogP contribution is -2.38. The third-order valence-electron chi connectivity index (χ3n) is 2.84. The average molecular weight is 340 g/mol. The highest BCUT2D eigenvalue weighted by atomic mass is 35.5. The molecule has 0 spiro atoms. The van der Waals surface area contributed by atoms with Crippen molar-refractivity contribution in [2.24, 2.45) is 5.16 Å². The van der Waals surface area contributed by atoms with E-state index in [-0.39, 0.29) is 17.6 Å². The van der Waals surface area contributed by atoms with Crippen LogP contribution in [-0.2, 0) is 9.57 Å². The van der Waals surface area contributed by atoms with E-state index in [1.165, 1.54) is 0 Å². The third kappa shape index (κ3) is 5.46. The highest BCUT2D eigenvalue weighted by Crippen LogP contribution is 2.17. The molecular weight excluding hydrogens is 323 g/mol. The predicted molar refractivity (Wildman–Crippen MR) is 84.3 cm³/mol. The molecule has 1 aromatic rings. The van der Waals surface area contributed by atoms with Crippen LogP contribution in [0.5, 0.6) is 0 Å². The van der Waals surface area contributed by atoms with Gasteiger partial charge in [0.1, 0.15) is 6.61 Å². The van der Waals surface area contributed by atoms with Gasteiger partial charge in [0, 0.05) is 25.2 Å². The van der Waals surface area contributed by atoms with E-state index in [1.54, 1.807) is 12.1 Å². The van der Waals surface area contributed by atoms with Crippen LogP contribution in [0.25, 0.3) is 0 Å². The zero-order chi connectivity index (χ0) is 13.5. The molecule has 112 valence electrons. The number of hydrogen-bond donors (Lipinski definition) is 0. The summed E-state index contributed by atoms with van der Waals surface area (Å²) in [6.45, 7) is 4.75. The van der Waals surface area contributed by atoms with Crippen molar-refractivity contribution >= 4 is 40.8 Å². The van der Waals surface area contributed by atoms with E-state index in [1.807, 2.05) is 12.1 Å². The first-order valence-corrected chi connectivity index (χ1v) is 6.93. The van der Waals surface area contributed by atoms with Crippen LogP contribution in [0.4, 0.5) is 0 Å². The summed E-state index contributed by atoms with van der Waals surface area (Å²) < 4.78 is 5.27. The molecule has 1 heterocycles. The van der Waals surface area contributed by atoms with Gasteiger partial charge in [0.05, 0.1) is 18.2 Å². The summed E-state index contributed by atoms with van der Waals surface area (Å²) in [5.74, 6) is 0. The van der Waals surface area contributed by atoms with E-state index >= 15 is 0 Å². The Morgan fingerprint density at radius 1 is 1.30 bits per heavy atom. The summed E-state index contributed by atoms with van der Waals surface area (Å²) in [7, 11) is 0. The van der Waals surface area contributed by atoms with Crippen LogP contribution >= 0.6 is 35.6 Å². The maximum Gasteiger partial charge on any atom is 0.177 e. The zero-order valence-corrected chi connectivity index (χ0v) is 13.3. The molecule has 1 fully saturated rings. The van der Waals surface area contributed by atoms with Gasteiger partial charge in [0.15, 0.2) is 5.17 Å². The first kappa shape index (κ1) is 17.5. The van der Waals surface area contributed by atoms with E-state index in [0.29, 0.717) is 17.2 Å². The molecule has 0 bridgehead atoms. The standard InChI is InChI=1S/C13H16Cl2N2O2.ClH/c14-12-4-2-1-3-11(12)13(15)16-19-10-7-17-5-8-18-9-6-17;/h1-4H,5-10H2;1H/b16-13-;. The van der Waals surface area contributed by atoms with Gasteiger partial charge in [-0.2, -0.15) is 0 Å². The van der Waals surface area contributed by atoms with Crippen molar-refractivity contribution in [3.63, 3.8) is 0 Å². The fraction of sp³-hybridized carbons (Fsp3) is 0.462. The van der Waals surface area contributed by atoms with E-state index in [2.05, 4.69) is 10.1 Å². The first-order valence-electron chi connectivity index (χ1n) is 6.18. The first-order chi connectivity index (χ1) is 9.27. The van der Waals surface area contributed by atoms with Gasteiger partial charge < -0.3 is 9.57 Å². The monoisotopic (exact) mass is 338 g/mol. The molecule has 0 unspecified atom stereocenters. The van der Waals surface area contributed by atoms with Gasteiger partial charge in [-0.15, -0.1) is 12.4 Å². The normalized spacial score (nSPS) is 16.6. The Labute approximate surface area is 135 Å². The molecule has 0 saturated carbocycles. The Bertz CT molecular complexity index is 437. The second kappa shape index (κ2) is 9.42. The predicted octanol–water partition coefficient (Wildman–Crippen LogP) is 3.01. The molecule has 0 atom stereocenters. The topological polar surface area (TPSA) is 34.1 Å². The molecular formula is C13H17Cl3N2O2. The van der Waals surface area contributed by atoms with Gasteiger partial charge >= 0.3 is 0 Å². The Morgan fingerprint density at radius 2 is 2.00 bits per heavy atom. The number of morpholine rings is 1. The van der Waals surface area contributed by atoms with E-state index in [9.17, 15) is 0 Å². The summed E-state index contributed by atoms with van der Waals surface area (Å²) >= 11 is 12.1. The number of hydrogen-bond acceptors (Lipinski definition) is 4. The van der Waals surface area contributed by atoms with Crippen LogP contribution in [0.3, 0.4) is 0 Å².